The van der Waals surface area contributed by atoms with E-state index in [9.17, 15) is 4.79 Å². The number of nitrogens with one attached hydrogen (secondary N) is 1. The molecule has 0 radical (unpaired) electrons. The summed E-state index contributed by atoms with van der Waals surface area (Å²) in [4.78, 5) is 14.3. The van der Waals surface area contributed by atoms with Crippen LogP contribution in [0.1, 0.15) is 15.9 Å². The van der Waals surface area contributed by atoms with E-state index in [4.69, 9.17) is 4.74 Å². The van der Waals surface area contributed by atoms with Crippen molar-refractivity contribution in [1.82, 2.24) is 5.32 Å². The third-order valence-corrected chi connectivity index (χ3v) is 4.05. The Morgan fingerprint density at radius 3 is 2.18 bits per heavy atom. The Morgan fingerprint density at radius 1 is 0.893 bits per heavy atom. The molecule has 3 rings (SSSR count). The van der Waals surface area contributed by atoms with Gasteiger partial charge < -0.3 is 15.0 Å². The highest BCUT2D eigenvalue weighted by Gasteiger charge is 2.04. The molecular formula is C24H22N2O2. The fourth-order valence-corrected chi connectivity index (χ4v) is 2.51. The van der Waals surface area contributed by atoms with Gasteiger partial charge in [-0.25, -0.2) is 0 Å². The standard InChI is InChI=1S/C24H22N2O2/c1-26(2)21-14-10-19(11-15-21)7-6-18-25-24(27)20-12-16-23(17-13-20)28-22-8-4-3-5-9-22/h3-5,8-17H,18H2,1-2H3,(H,25,27). The smallest absolute Gasteiger partial charge is 0.252 e. The predicted octanol–water partition coefficient (Wildman–Crippen LogP) is 4.33. The summed E-state index contributed by atoms with van der Waals surface area (Å²) in [5.74, 6) is 7.30. The maximum atomic E-state index is 12.2. The van der Waals surface area contributed by atoms with E-state index in [-0.39, 0.29) is 12.5 Å². The van der Waals surface area contributed by atoms with Crippen LogP contribution in [0, 0.1) is 11.8 Å². The molecule has 0 saturated heterocycles. The number of carbonyl (C=O) groups is 1. The average molecular weight is 370 g/mol. The zero-order valence-electron chi connectivity index (χ0n) is 16.0. The average Bonchev–Trinajstić information content (AvgIpc) is 2.72. The van der Waals surface area contributed by atoms with Crippen LogP contribution in [-0.4, -0.2) is 26.5 Å². The fourth-order valence-electron chi connectivity index (χ4n) is 2.51. The molecule has 0 saturated carbocycles. The van der Waals surface area contributed by atoms with Crippen molar-refractivity contribution in [2.75, 3.05) is 25.5 Å². The molecule has 0 aromatic heterocycles. The van der Waals surface area contributed by atoms with Crippen LogP contribution in [-0.2, 0) is 0 Å². The van der Waals surface area contributed by atoms with Crippen molar-refractivity contribution in [2.24, 2.45) is 0 Å². The van der Waals surface area contributed by atoms with Gasteiger partial charge in [-0.15, -0.1) is 0 Å². The van der Waals surface area contributed by atoms with Crippen LogP contribution in [0.4, 0.5) is 5.69 Å². The zero-order chi connectivity index (χ0) is 19.8. The molecule has 1 N–H and O–H groups in total. The monoisotopic (exact) mass is 370 g/mol. The van der Waals surface area contributed by atoms with Crippen LogP contribution in [0.3, 0.4) is 0 Å². The number of anilines is 1. The van der Waals surface area contributed by atoms with Crippen molar-refractivity contribution in [2.45, 2.75) is 0 Å². The third-order valence-electron chi connectivity index (χ3n) is 4.05. The molecule has 140 valence electrons. The summed E-state index contributed by atoms with van der Waals surface area (Å²) >= 11 is 0. The van der Waals surface area contributed by atoms with Gasteiger partial charge in [0.1, 0.15) is 11.5 Å². The first-order chi connectivity index (χ1) is 13.6. The Labute approximate surface area is 165 Å². The number of hydrogen-bond acceptors (Lipinski definition) is 3. The van der Waals surface area contributed by atoms with E-state index in [0.717, 1.165) is 17.0 Å². The number of hydrogen-bond donors (Lipinski definition) is 1. The molecule has 3 aromatic carbocycles. The largest absolute Gasteiger partial charge is 0.457 e. The van der Waals surface area contributed by atoms with E-state index in [1.165, 1.54) is 0 Å². The molecule has 1 amide bonds. The van der Waals surface area contributed by atoms with E-state index in [0.29, 0.717) is 11.3 Å². The topological polar surface area (TPSA) is 41.6 Å². The second-order valence-electron chi connectivity index (χ2n) is 6.37. The quantitative estimate of drug-likeness (QED) is 0.680. The van der Waals surface area contributed by atoms with Gasteiger partial charge >= 0.3 is 0 Å². The lowest BCUT2D eigenvalue weighted by molar-refractivity contribution is 0.0958. The molecule has 0 bridgehead atoms. The van der Waals surface area contributed by atoms with Crippen molar-refractivity contribution in [3.05, 3.63) is 90.0 Å². The molecule has 3 aromatic rings. The molecule has 4 heteroatoms. The third kappa shape index (κ3) is 5.39. The molecule has 28 heavy (non-hydrogen) atoms. The SMILES string of the molecule is CN(C)c1ccc(C#CCNC(=O)c2ccc(Oc3ccccc3)cc2)cc1. The van der Waals surface area contributed by atoms with Gasteiger partial charge in [0.05, 0.1) is 6.54 Å². The second-order valence-corrected chi connectivity index (χ2v) is 6.37. The van der Waals surface area contributed by atoms with Gasteiger partial charge in [-0.2, -0.15) is 0 Å². The number of ether oxygens (including phenoxy) is 1. The van der Waals surface area contributed by atoms with E-state index in [2.05, 4.69) is 17.2 Å². The number of nitrogens with zero attached hydrogens (tertiary/aromatic N) is 1. The molecular weight excluding hydrogens is 348 g/mol. The van der Waals surface area contributed by atoms with Gasteiger partial charge in [-0.05, 0) is 60.7 Å². The lowest BCUT2D eigenvalue weighted by Crippen LogP contribution is -2.23. The van der Waals surface area contributed by atoms with E-state index in [1.807, 2.05) is 73.6 Å². The van der Waals surface area contributed by atoms with Crippen LogP contribution in [0.25, 0.3) is 0 Å². The first-order valence-electron chi connectivity index (χ1n) is 8.99. The maximum absolute atomic E-state index is 12.2. The Hall–Kier alpha value is -3.71. The summed E-state index contributed by atoms with van der Waals surface area (Å²) in [6.07, 6.45) is 0. The normalized spacial score (nSPS) is 9.79. The highest BCUT2D eigenvalue weighted by Crippen LogP contribution is 2.21. The summed E-state index contributed by atoms with van der Waals surface area (Å²) < 4.78 is 5.73. The van der Waals surface area contributed by atoms with E-state index in [1.54, 1.807) is 24.3 Å². The Kier molecular flexibility index (Phi) is 6.33. The highest BCUT2D eigenvalue weighted by atomic mass is 16.5. The predicted molar refractivity (Wildman–Crippen MR) is 113 cm³/mol. The van der Waals surface area contributed by atoms with Crippen molar-refractivity contribution in [3.8, 4) is 23.3 Å². The van der Waals surface area contributed by atoms with Crippen molar-refractivity contribution >= 4 is 11.6 Å². The van der Waals surface area contributed by atoms with Gasteiger partial charge in [0, 0.05) is 30.9 Å². The van der Waals surface area contributed by atoms with Gasteiger partial charge in [0.2, 0.25) is 0 Å². The van der Waals surface area contributed by atoms with Crippen LogP contribution < -0.4 is 15.0 Å². The lowest BCUT2D eigenvalue weighted by atomic mass is 10.2. The lowest BCUT2D eigenvalue weighted by Gasteiger charge is -2.11. The van der Waals surface area contributed by atoms with Gasteiger partial charge in [-0.1, -0.05) is 30.0 Å². The Bertz CT molecular complexity index is 967. The minimum absolute atomic E-state index is 0.163. The first-order valence-corrected chi connectivity index (χ1v) is 8.99. The molecule has 0 heterocycles. The van der Waals surface area contributed by atoms with Crippen molar-refractivity contribution < 1.29 is 9.53 Å². The minimum atomic E-state index is -0.163. The van der Waals surface area contributed by atoms with Crippen molar-refractivity contribution in [1.29, 1.82) is 0 Å². The summed E-state index contributed by atoms with van der Waals surface area (Å²) in [5, 5.41) is 2.81. The van der Waals surface area contributed by atoms with Crippen LogP contribution in [0.15, 0.2) is 78.9 Å². The molecule has 0 spiro atoms. The highest BCUT2D eigenvalue weighted by molar-refractivity contribution is 5.94. The Balaban J connectivity index is 1.51. The molecule has 0 aliphatic rings. The molecule has 0 unspecified atom stereocenters. The second kappa shape index (κ2) is 9.29. The summed E-state index contributed by atoms with van der Waals surface area (Å²) in [6, 6.07) is 24.5. The van der Waals surface area contributed by atoms with Crippen LogP contribution in [0.2, 0.25) is 0 Å². The van der Waals surface area contributed by atoms with Crippen LogP contribution >= 0.6 is 0 Å². The molecule has 0 atom stereocenters. The molecule has 0 fully saturated rings. The van der Waals surface area contributed by atoms with Crippen molar-refractivity contribution in [3.63, 3.8) is 0 Å². The number of para-hydroxylation sites is 1. The van der Waals surface area contributed by atoms with Gasteiger partial charge in [0.25, 0.3) is 5.91 Å². The maximum Gasteiger partial charge on any atom is 0.252 e. The summed E-state index contributed by atoms with van der Waals surface area (Å²) in [7, 11) is 3.99. The number of carbonyl (C=O) groups excluding carboxylic acids is 1. The summed E-state index contributed by atoms with van der Waals surface area (Å²) in [5.41, 5.74) is 2.61. The molecule has 0 aliphatic heterocycles. The fraction of sp³-hybridized carbons (Fsp3) is 0.125. The molecule has 4 nitrogen and oxygen atoms in total. The van der Waals surface area contributed by atoms with Gasteiger partial charge in [-0.3, -0.25) is 4.79 Å². The minimum Gasteiger partial charge on any atom is -0.457 e. The first kappa shape index (κ1) is 19.1. The zero-order valence-corrected chi connectivity index (χ0v) is 16.0. The van der Waals surface area contributed by atoms with Crippen LogP contribution in [0.5, 0.6) is 11.5 Å². The number of rotatable bonds is 5. The molecule has 0 aliphatic carbocycles. The Morgan fingerprint density at radius 2 is 1.54 bits per heavy atom. The van der Waals surface area contributed by atoms with Gasteiger partial charge in [0.15, 0.2) is 0 Å². The number of amides is 1. The summed E-state index contributed by atoms with van der Waals surface area (Å²) in [6.45, 7) is 0.288. The van der Waals surface area contributed by atoms with E-state index < -0.39 is 0 Å². The number of benzene rings is 3. The van der Waals surface area contributed by atoms with E-state index >= 15 is 0 Å².